The number of nitrogens with two attached hydrogens (primary N) is 2. The standard InChI is InChI=1S/C7H16N2O2/c8-5-3-1-2-4-6(9)7(10)11/h6H,1-5,8-9H2,(H,10,11)/t6-/m1/s1. The van der Waals surface area contributed by atoms with Gasteiger partial charge in [0.15, 0.2) is 0 Å². The summed E-state index contributed by atoms with van der Waals surface area (Å²) < 4.78 is 0. The lowest BCUT2D eigenvalue weighted by atomic mass is 10.1. The molecule has 0 radical (unpaired) electrons. The molecule has 0 amide bonds. The molecule has 0 unspecified atom stereocenters. The Morgan fingerprint density at radius 1 is 1.36 bits per heavy atom. The molecule has 0 spiro atoms. The molecule has 0 aromatic heterocycles. The van der Waals surface area contributed by atoms with Crippen LogP contribution in [0.25, 0.3) is 0 Å². The van der Waals surface area contributed by atoms with Crippen LogP contribution >= 0.6 is 0 Å². The first kappa shape index (κ1) is 10.4. The molecule has 0 aromatic rings. The lowest BCUT2D eigenvalue weighted by Gasteiger charge is -2.04. The van der Waals surface area contributed by atoms with E-state index in [0.717, 1.165) is 19.3 Å². The molecule has 66 valence electrons. The van der Waals surface area contributed by atoms with Crippen LogP contribution in [0.15, 0.2) is 0 Å². The number of aliphatic carboxylic acids is 1. The number of hydrogen-bond donors (Lipinski definition) is 3. The minimum absolute atomic E-state index is 0.551. The number of rotatable bonds is 6. The first-order valence-electron chi connectivity index (χ1n) is 3.87. The monoisotopic (exact) mass is 160 g/mol. The molecule has 4 nitrogen and oxygen atoms in total. The van der Waals surface area contributed by atoms with Gasteiger partial charge in [-0.1, -0.05) is 12.8 Å². The fourth-order valence-corrected chi connectivity index (χ4v) is 0.809. The molecule has 5 N–H and O–H groups in total. The second kappa shape index (κ2) is 6.12. The molecule has 0 rings (SSSR count). The minimum atomic E-state index is -0.919. The zero-order valence-electron chi connectivity index (χ0n) is 6.62. The maximum absolute atomic E-state index is 10.2. The van der Waals surface area contributed by atoms with Gasteiger partial charge in [0.25, 0.3) is 0 Å². The number of carboxylic acids is 1. The van der Waals surface area contributed by atoms with Gasteiger partial charge in [0.2, 0.25) is 0 Å². The first-order valence-corrected chi connectivity index (χ1v) is 3.87. The summed E-state index contributed by atoms with van der Waals surface area (Å²) in [7, 11) is 0. The van der Waals surface area contributed by atoms with Gasteiger partial charge in [0.05, 0.1) is 0 Å². The van der Waals surface area contributed by atoms with Crippen molar-refractivity contribution in [1.82, 2.24) is 0 Å². The summed E-state index contributed by atoms with van der Waals surface area (Å²) in [6.07, 6.45) is 3.32. The molecule has 0 heterocycles. The largest absolute Gasteiger partial charge is 0.480 e. The average molecular weight is 160 g/mol. The Morgan fingerprint density at radius 2 is 2.00 bits per heavy atom. The van der Waals surface area contributed by atoms with E-state index in [-0.39, 0.29) is 0 Å². The fraction of sp³-hybridized carbons (Fsp3) is 0.857. The van der Waals surface area contributed by atoms with E-state index in [4.69, 9.17) is 16.6 Å². The zero-order valence-corrected chi connectivity index (χ0v) is 6.62. The molecule has 1 atom stereocenters. The molecule has 0 aromatic carbocycles. The molecule has 0 bridgehead atoms. The van der Waals surface area contributed by atoms with E-state index in [0.29, 0.717) is 13.0 Å². The smallest absolute Gasteiger partial charge is 0.320 e. The van der Waals surface area contributed by atoms with E-state index in [1.165, 1.54) is 0 Å². The van der Waals surface area contributed by atoms with Crippen molar-refractivity contribution in [3.05, 3.63) is 0 Å². The third kappa shape index (κ3) is 5.82. The Balaban J connectivity index is 3.17. The third-order valence-electron chi connectivity index (χ3n) is 1.54. The number of carboxylic acid groups (broad SMARTS) is 1. The van der Waals surface area contributed by atoms with Crippen LogP contribution in [-0.4, -0.2) is 23.7 Å². The summed E-state index contributed by atoms with van der Waals surface area (Å²) >= 11 is 0. The van der Waals surface area contributed by atoms with Crippen LogP contribution in [0.2, 0.25) is 0 Å². The lowest BCUT2D eigenvalue weighted by Crippen LogP contribution is -2.29. The molecule has 0 aliphatic carbocycles. The van der Waals surface area contributed by atoms with Crippen molar-refractivity contribution < 1.29 is 9.90 Å². The highest BCUT2D eigenvalue weighted by atomic mass is 16.4. The maximum atomic E-state index is 10.2. The van der Waals surface area contributed by atoms with Crippen LogP contribution < -0.4 is 11.5 Å². The van der Waals surface area contributed by atoms with Gasteiger partial charge in [0.1, 0.15) is 6.04 Å². The van der Waals surface area contributed by atoms with Crippen molar-refractivity contribution in [2.24, 2.45) is 11.5 Å². The summed E-state index contributed by atoms with van der Waals surface area (Å²) in [4.78, 5) is 10.2. The normalized spacial score (nSPS) is 12.9. The Bertz CT molecular complexity index is 117. The van der Waals surface area contributed by atoms with Gasteiger partial charge in [-0.3, -0.25) is 4.79 Å². The molecule has 0 aliphatic rings. The Morgan fingerprint density at radius 3 is 2.45 bits per heavy atom. The van der Waals surface area contributed by atoms with Crippen molar-refractivity contribution in [2.45, 2.75) is 31.7 Å². The van der Waals surface area contributed by atoms with E-state index < -0.39 is 12.0 Å². The maximum Gasteiger partial charge on any atom is 0.320 e. The fourth-order valence-electron chi connectivity index (χ4n) is 0.809. The quantitative estimate of drug-likeness (QED) is 0.474. The summed E-state index contributed by atoms with van der Waals surface area (Å²) in [5, 5.41) is 8.39. The number of unbranched alkanes of at least 4 members (excludes halogenated alkanes) is 2. The summed E-state index contributed by atoms with van der Waals surface area (Å²) in [5.41, 5.74) is 10.5. The Hall–Kier alpha value is -0.610. The minimum Gasteiger partial charge on any atom is -0.480 e. The molecular weight excluding hydrogens is 144 g/mol. The van der Waals surface area contributed by atoms with Crippen molar-refractivity contribution >= 4 is 5.97 Å². The molecule has 4 heteroatoms. The van der Waals surface area contributed by atoms with Gasteiger partial charge < -0.3 is 16.6 Å². The van der Waals surface area contributed by atoms with E-state index in [1.807, 2.05) is 0 Å². The van der Waals surface area contributed by atoms with Gasteiger partial charge in [-0.15, -0.1) is 0 Å². The van der Waals surface area contributed by atoms with Crippen LogP contribution in [0.3, 0.4) is 0 Å². The molecular formula is C7H16N2O2. The summed E-state index contributed by atoms with van der Waals surface area (Å²) in [5.74, 6) is -0.919. The highest BCUT2D eigenvalue weighted by Crippen LogP contribution is 2.00. The molecule has 11 heavy (non-hydrogen) atoms. The van der Waals surface area contributed by atoms with Crippen LogP contribution in [0.4, 0.5) is 0 Å². The van der Waals surface area contributed by atoms with Gasteiger partial charge in [-0.2, -0.15) is 0 Å². The molecule has 0 saturated heterocycles. The van der Waals surface area contributed by atoms with Crippen molar-refractivity contribution in [1.29, 1.82) is 0 Å². The first-order chi connectivity index (χ1) is 5.18. The van der Waals surface area contributed by atoms with Crippen molar-refractivity contribution in [3.8, 4) is 0 Å². The van der Waals surface area contributed by atoms with E-state index in [2.05, 4.69) is 0 Å². The predicted molar refractivity (Wildman–Crippen MR) is 43.1 cm³/mol. The second-order valence-corrected chi connectivity index (χ2v) is 2.58. The summed E-state index contributed by atoms with van der Waals surface area (Å²) in [6.45, 7) is 0.669. The van der Waals surface area contributed by atoms with Crippen LogP contribution in [0.5, 0.6) is 0 Å². The Labute approximate surface area is 66.6 Å². The number of carbonyl (C=O) groups is 1. The van der Waals surface area contributed by atoms with Crippen molar-refractivity contribution in [2.75, 3.05) is 6.54 Å². The van der Waals surface area contributed by atoms with Gasteiger partial charge >= 0.3 is 5.97 Å². The SMILES string of the molecule is NCCCCC[C@@H](N)C(=O)O. The predicted octanol–water partition coefficient (Wildman–Crippen LogP) is -0.0826. The summed E-state index contributed by atoms with van der Waals surface area (Å²) in [6, 6.07) is -0.701. The number of hydrogen-bond acceptors (Lipinski definition) is 3. The van der Waals surface area contributed by atoms with E-state index >= 15 is 0 Å². The second-order valence-electron chi connectivity index (χ2n) is 2.58. The highest BCUT2D eigenvalue weighted by molar-refractivity contribution is 5.72. The lowest BCUT2D eigenvalue weighted by molar-refractivity contribution is -0.138. The molecule has 0 fully saturated rings. The van der Waals surface area contributed by atoms with Gasteiger partial charge in [-0.25, -0.2) is 0 Å². The molecule has 0 saturated carbocycles. The third-order valence-corrected chi connectivity index (χ3v) is 1.54. The Kier molecular flexibility index (Phi) is 5.78. The van der Waals surface area contributed by atoms with Crippen LogP contribution in [-0.2, 0) is 4.79 Å². The van der Waals surface area contributed by atoms with Crippen LogP contribution in [0.1, 0.15) is 25.7 Å². The zero-order chi connectivity index (χ0) is 8.69. The van der Waals surface area contributed by atoms with Crippen LogP contribution in [0, 0.1) is 0 Å². The highest BCUT2D eigenvalue weighted by Gasteiger charge is 2.09. The van der Waals surface area contributed by atoms with Gasteiger partial charge in [0, 0.05) is 0 Å². The van der Waals surface area contributed by atoms with E-state index in [1.54, 1.807) is 0 Å². The topological polar surface area (TPSA) is 89.3 Å². The average Bonchev–Trinajstić information content (AvgIpc) is 1.97. The van der Waals surface area contributed by atoms with Gasteiger partial charge in [-0.05, 0) is 19.4 Å². The molecule has 0 aliphatic heterocycles. The van der Waals surface area contributed by atoms with E-state index in [9.17, 15) is 4.79 Å². The van der Waals surface area contributed by atoms with Crippen molar-refractivity contribution in [3.63, 3.8) is 0 Å².